The minimum atomic E-state index is -4.37. The molecule has 1 heterocycles. The number of ketones is 1. The molecule has 0 bridgehead atoms. The number of carbonyl (C=O) groups excluding carboxylic acids is 1. The van der Waals surface area contributed by atoms with Crippen LogP contribution in [0.5, 0.6) is 0 Å². The Bertz CT molecular complexity index is 698. The summed E-state index contributed by atoms with van der Waals surface area (Å²) >= 11 is 0. The topological polar surface area (TPSA) is 38.3 Å². The number of ether oxygens (including phenoxy) is 1. The molecule has 24 heavy (non-hydrogen) atoms. The number of Topliss-reactive ketones (excluding diaryl/α,β-unsaturated/α-hetero) is 1. The molecule has 3 rings (SSSR count). The van der Waals surface area contributed by atoms with Gasteiger partial charge in [0.1, 0.15) is 6.10 Å². The van der Waals surface area contributed by atoms with Crippen LogP contribution in [-0.4, -0.2) is 18.5 Å². The normalized spacial score (nSPS) is 19.3. The van der Waals surface area contributed by atoms with Crippen LogP contribution in [-0.2, 0) is 15.7 Å². The van der Waals surface area contributed by atoms with E-state index in [1.54, 1.807) is 0 Å². The van der Waals surface area contributed by atoms with Crippen molar-refractivity contribution in [2.24, 2.45) is 0 Å². The standard InChI is InChI=1S/C18H16F3NO2/c19-18(20,21)13-6-8-14(9-7-13)22-16(12-4-2-1-3-5-12)17-15(23)10-11-24-17/h1-9,16-17,22H,10-11H2/t16-,17-/m0/s1. The first-order valence-electron chi connectivity index (χ1n) is 7.58. The molecule has 0 spiro atoms. The molecule has 0 radical (unpaired) electrons. The average molecular weight is 335 g/mol. The van der Waals surface area contributed by atoms with Crippen LogP contribution in [0.1, 0.15) is 23.6 Å². The largest absolute Gasteiger partial charge is 0.416 e. The summed E-state index contributed by atoms with van der Waals surface area (Å²) in [6.45, 7) is 0.363. The van der Waals surface area contributed by atoms with Gasteiger partial charge in [-0.1, -0.05) is 30.3 Å². The SMILES string of the molecule is O=C1CCO[C@@H]1[C@@H](Nc1ccc(C(F)(F)F)cc1)c1ccccc1. The zero-order chi connectivity index (χ0) is 17.2. The minimum Gasteiger partial charge on any atom is -0.375 e. The van der Waals surface area contributed by atoms with E-state index in [-0.39, 0.29) is 5.78 Å². The van der Waals surface area contributed by atoms with Gasteiger partial charge in [-0.05, 0) is 29.8 Å². The first-order valence-corrected chi connectivity index (χ1v) is 7.58. The van der Waals surface area contributed by atoms with Crippen LogP contribution >= 0.6 is 0 Å². The molecule has 0 unspecified atom stereocenters. The number of carbonyl (C=O) groups is 1. The second-order valence-corrected chi connectivity index (χ2v) is 5.62. The van der Waals surface area contributed by atoms with E-state index in [1.165, 1.54) is 12.1 Å². The fraction of sp³-hybridized carbons (Fsp3) is 0.278. The van der Waals surface area contributed by atoms with Gasteiger partial charge < -0.3 is 10.1 Å². The van der Waals surface area contributed by atoms with Crippen LogP contribution < -0.4 is 5.32 Å². The summed E-state index contributed by atoms with van der Waals surface area (Å²) in [6.07, 6.45) is -4.67. The zero-order valence-electron chi connectivity index (χ0n) is 12.7. The summed E-state index contributed by atoms with van der Waals surface area (Å²) < 4.78 is 43.5. The van der Waals surface area contributed by atoms with Crippen molar-refractivity contribution in [3.8, 4) is 0 Å². The number of rotatable bonds is 4. The molecule has 1 fully saturated rings. The highest BCUT2D eigenvalue weighted by Gasteiger charge is 2.34. The summed E-state index contributed by atoms with van der Waals surface area (Å²) in [4.78, 5) is 12.1. The molecule has 1 aliphatic rings. The van der Waals surface area contributed by atoms with E-state index in [2.05, 4.69) is 5.32 Å². The lowest BCUT2D eigenvalue weighted by molar-refractivity contribution is -0.137. The molecule has 1 N–H and O–H groups in total. The van der Waals surface area contributed by atoms with Crippen LogP contribution in [0.25, 0.3) is 0 Å². The molecule has 2 aromatic rings. The van der Waals surface area contributed by atoms with E-state index in [0.29, 0.717) is 18.7 Å². The van der Waals surface area contributed by atoms with Gasteiger partial charge in [-0.25, -0.2) is 0 Å². The fourth-order valence-corrected chi connectivity index (χ4v) is 2.73. The van der Waals surface area contributed by atoms with Gasteiger partial charge in [-0.2, -0.15) is 13.2 Å². The van der Waals surface area contributed by atoms with Gasteiger partial charge >= 0.3 is 6.18 Å². The molecular formula is C18H16F3NO2. The lowest BCUT2D eigenvalue weighted by Gasteiger charge is -2.25. The fourth-order valence-electron chi connectivity index (χ4n) is 2.73. The molecule has 6 heteroatoms. The van der Waals surface area contributed by atoms with Crippen LogP contribution in [0.2, 0.25) is 0 Å². The summed E-state index contributed by atoms with van der Waals surface area (Å²) in [6, 6.07) is 13.6. The predicted octanol–water partition coefficient (Wildman–Crippen LogP) is 4.22. The number of nitrogens with one attached hydrogen (secondary N) is 1. The van der Waals surface area contributed by atoms with Gasteiger partial charge in [-0.3, -0.25) is 4.79 Å². The van der Waals surface area contributed by atoms with E-state index in [4.69, 9.17) is 4.74 Å². The Balaban J connectivity index is 1.85. The van der Waals surface area contributed by atoms with Crippen LogP contribution in [0.4, 0.5) is 18.9 Å². The van der Waals surface area contributed by atoms with Crippen molar-refractivity contribution >= 4 is 11.5 Å². The zero-order valence-corrected chi connectivity index (χ0v) is 12.7. The van der Waals surface area contributed by atoms with Gasteiger partial charge in [0.25, 0.3) is 0 Å². The summed E-state index contributed by atoms with van der Waals surface area (Å²) in [5, 5.41) is 3.13. The number of anilines is 1. The van der Waals surface area contributed by atoms with Gasteiger partial charge in [0.15, 0.2) is 5.78 Å². The Morgan fingerprint density at radius 1 is 1.04 bits per heavy atom. The van der Waals surface area contributed by atoms with Gasteiger partial charge in [-0.15, -0.1) is 0 Å². The molecule has 1 saturated heterocycles. The first-order chi connectivity index (χ1) is 11.4. The Kier molecular flexibility index (Phi) is 4.57. The third-order valence-corrected chi connectivity index (χ3v) is 3.96. The highest BCUT2D eigenvalue weighted by molar-refractivity contribution is 5.86. The van der Waals surface area contributed by atoms with Crippen molar-refractivity contribution < 1.29 is 22.7 Å². The lowest BCUT2D eigenvalue weighted by Crippen LogP contribution is -2.30. The molecule has 0 aliphatic carbocycles. The second-order valence-electron chi connectivity index (χ2n) is 5.62. The van der Waals surface area contributed by atoms with Gasteiger partial charge in [0.05, 0.1) is 18.2 Å². The predicted molar refractivity (Wildman–Crippen MR) is 83.6 cm³/mol. The second kappa shape index (κ2) is 6.65. The Morgan fingerprint density at radius 3 is 2.25 bits per heavy atom. The van der Waals surface area contributed by atoms with E-state index < -0.39 is 23.9 Å². The number of alkyl halides is 3. The molecule has 3 nitrogen and oxygen atoms in total. The third-order valence-electron chi connectivity index (χ3n) is 3.96. The molecule has 2 aromatic carbocycles. The quantitative estimate of drug-likeness (QED) is 0.909. The van der Waals surface area contributed by atoms with E-state index in [1.807, 2.05) is 30.3 Å². The monoisotopic (exact) mass is 335 g/mol. The molecule has 0 saturated carbocycles. The molecular weight excluding hydrogens is 319 g/mol. The van der Waals surface area contributed by atoms with Crippen molar-refractivity contribution in [1.82, 2.24) is 0 Å². The summed E-state index contributed by atoms with van der Waals surface area (Å²) in [5.41, 5.74) is 0.635. The van der Waals surface area contributed by atoms with Crippen molar-refractivity contribution in [3.05, 3.63) is 65.7 Å². The smallest absolute Gasteiger partial charge is 0.375 e. The highest BCUT2D eigenvalue weighted by Crippen LogP contribution is 2.32. The third kappa shape index (κ3) is 3.59. The van der Waals surface area contributed by atoms with Crippen molar-refractivity contribution in [2.75, 3.05) is 11.9 Å². The van der Waals surface area contributed by atoms with E-state index >= 15 is 0 Å². The van der Waals surface area contributed by atoms with Crippen molar-refractivity contribution in [1.29, 1.82) is 0 Å². The highest BCUT2D eigenvalue weighted by atomic mass is 19.4. The van der Waals surface area contributed by atoms with Gasteiger partial charge in [0, 0.05) is 12.1 Å². The number of hydrogen-bond acceptors (Lipinski definition) is 3. The Morgan fingerprint density at radius 2 is 1.71 bits per heavy atom. The number of hydrogen-bond donors (Lipinski definition) is 1. The Labute approximate surface area is 137 Å². The maximum absolute atomic E-state index is 12.7. The Hall–Kier alpha value is -2.34. The average Bonchev–Trinajstić information content (AvgIpc) is 2.99. The van der Waals surface area contributed by atoms with Crippen LogP contribution in [0, 0.1) is 0 Å². The molecule has 0 aromatic heterocycles. The maximum atomic E-state index is 12.7. The summed E-state index contributed by atoms with van der Waals surface area (Å²) in [7, 11) is 0. The number of benzene rings is 2. The number of halogens is 3. The van der Waals surface area contributed by atoms with E-state index in [9.17, 15) is 18.0 Å². The lowest BCUT2D eigenvalue weighted by atomic mass is 9.98. The first kappa shape index (κ1) is 16.5. The van der Waals surface area contributed by atoms with Gasteiger partial charge in [0.2, 0.25) is 0 Å². The molecule has 126 valence electrons. The minimum absolute atomic E-state index is 0.0109. The summed E-state index contributed by atoms with van der Waals surface area (Å²) in [5.74, 6) is -0.0109. The van der Waals surface area contributed by atoms with Crippen LogP contribution in [0.15, 0.2) is 54.6 Å². The molecule has 0 amide bonds. The molecule has 2 atom stereocenters. The van der Waals surface area contributed by atoms with Crippen LogP contribution in [0.3, 0.4) is 0 Å². The van der Waals surface area contributed by atoms with Crippen molar-refractivity contribution in [3.63, 3.8) is 0 Å². The molecule has 1 aliphatic heterocycles. The maximum Gasteiger partial charge on any atom is 0.416 e. The van der Waals surface area contributed by atoms with E-state index in [0.717, 1.165) is 17.7 Å². The van der Waals surface area contributed by atoms with Crippen molar-refractivity contribution in [2.45, 2.75) is 24.7 Å².